The zero-order chi connectivity index (χ0) is 8.43. The third-order valence-electron chi connectivity index (χ3n) is 1.21. The summed E-state index contributed by atoms with van der Waals surface area (Å²) in [6.45, 7) is 0. The van der Waals surface area contributed by atoms with Gasteiger partial charge in [-0.1, -0.05) is 11.6 Å². The molecule has 0 amide bonds. The van der Waals surface area contributed by atoms with Gasteiger partial charge in [-0.2, -0.15) is 5.26 Å². The molecule has 0 aliphatic carbocycles. The molecule has 0 bridgehead atoms. The van der Waals surface area contributed by atoms with E-state index in [-0.39, 0.29) is 0 Å². The maximum absolute atomic E-state index is 8.54. The second kappa shape index (κ2) is 3.28. The van der Waals surface area contributed by atoms with Gasteiger partial charge in [0.25, 0.3) is 0 Å². The number of nitrogens with two attached hydrogens (primary N) is 1. The number of hydrogen-bond acceptors (Lipinski definition) is 2. The molecule has 0 fully saturated rings. The van der Waals surface area contributed by atoms with Crippen molar-refractivity contribution in [3.63, 3.8) is 0 Å². The molecule has 1 rings (SSSR count). The molecule has 2 nitrogen and oxygen atoms in total. The minimum Gasteiger partial charge on any atom is -0.398 e. The van der Waals surface area contributed by atoms with Crippen LogP contribution in [0.3, 0.4) is 0 Å². The van der Waals surface area contributed by atoms with Crippen LogP contribution in [0.1, 0.15) is 5.56 Å². The van der Waals surface area contributed by atoms with Crippen LogP contribution < -0.4 is 5.73 Å². The molecule has 0 heterocycles. The van der Waals surface area contributed by atoms with Crippen molar-refractivity contribution in [3.8, 4) is 6.07 Å². The molecule has 0 aromatic heterocycles. The van der Waals surface area contributed by atoms with E-state index < -0.39 is 0 Å². The maximum atomic E-state index is 8.54. The zero-order valence-corrected chi connectivity index (χ0v) is 8.35. The lowest BCUT2D eigenvalue weighted by Gasteiger charge is -1.99. The first kappa shape index (κ1) is 8.62. The normalized spacial score (nSPS) is 9.18. The lowest BCUT2D eigenvalue weighted by atomic mass is 10.2. The predicted octanol–water partition coefficient (Wildman–Crippen LogP) is 2.40. The Kier molecular flexibility index (Phi) is 2.58. The van der Waals surface area contributed by atoms with Crippen LogP contribution in [0.15, 0.2) is 12.1 Å². The average molecular weight is 278 g/mol. The van der Waals surface area contributed by atoms with E-state index in [1.807, 2.05) is 6.07 Å². The van der Waals surface area contributed by atoms with Crippen LogP contribution in [0.4, 0.5) is 5.69 Å². The molecule has 0 saturated heterocycles. The minimum absolute atomic E-state index is 0.426. The fourth-order valence-corrected chi connectivity index (χ4v) is 1.31. The Balaban J connectivity index is 3.35. The maximum Gasteiger partial charge on any atom is 0.101 e. The number of nitrogen functional groups attached to an aromatic ring is 1. The number of benzene rings is 1. The Bertz CT molecular complexity index is 330. The highest BCUT2D eigenvalue weighted by Crippen LogP contribution is 2.23. The number of nitriles is 1. The predicted molar refractivity (Wildman–Crippen MR) is 53.3 cm³/mol. The standard InChI is InChI=1S/C7H4ClIN2/c8-5-1-4(3-10)7(11)2-6(5)9/h1-2H,11H2. The van der Waals surface area contributed by atoms with Gasteiger partial charge in [-0.05, 0) is 34.7 Å². The summed E-state index contributed by atoms with van der Waals surface area (Å²) in [7, 11) is 0. The van der Waals surface area contributed by atoms with Crippen molar-refractivity contribution in [2.45, 2.75) is 0 Å². The molecule has 11 heavy (non-hydrogen) atoms. The SMILES string of the molecule is N#Cc1cc(Cl)c(I)cc1N. The monoisotopic (exact) mass is 278 g/mol. The highest BCUT2D eigenvalue weighted by molar-refractivity contribution is 14.1. The van der Waals surface area contributed by atoms with Gasteiger partial charge >= 0.3 is 0 Å². The van der Waals surface area contributed by atoms with Crippen molar-refractivity contribution in [2.75, 3.05) is 5.73 Å². The molecule has 1 aromatic rings. The quantitative estimate of drug-likeness (QED) is 0.585. The molecule has 1 aromatic carbocycles. The van der Waals surface area contributed by atoms with E-state index in [0.29, 0.717) is 16.3 Å². The van der Waals surface area contributed by atoms with Crippen molar-refractivity contribution < 1.29 is 0 Å². The summed E-state index contributed by atoms with van der Waals surface area (Å²) in [5.41, 5.74) is 6.41. The topological polar surface area (TPSA) is 49.8 Å². The number of rotatable bonds is 0. The van der Waals surface area contributed by atoms with Crippen molar-refractivity contribution in [1.82, 2.24) is 0 Å². The van der Waals surface area contributed by atoms with Crippen LogP contribution in [-0.2, 0) is 0 Å². The first-order chi connectivity index (χ1) is 5.15. The van der Waals surface area contributed by atoms with Gasteiger partial charge in [-0.3, -0.25) is 0 Å². The van der Waals surface area contributed by atoms with Gasteiger partial charge in [0.05, 0.1) is 16.3 Å². The Morgan fingerprint density at radius 3 is 2.73 bits per heavy atom. The Labute approximate surface area is 83.1 Å². The summed E-state index contributed by atoms with van der Waals surface area (Å²) < 4.78 is 0.862. The van der Waals surface area contributed by atoms with Crippen LogP contribution in [0.25, 0.3) is 0 Å². The molecular weight excluding hydrogens is 274 g/mol. The van der Waals surface area contributed by atoms with Crippen LogP contribution in [-0.4, -0.2) is 0 Å². The van der Waals surface area contributed by atoms with Crippen LogP contribution in [0.5, 0.6) is 0 Å². The highest BCUT2D eigenvalue weighted by atomic mass is 127. The first-order valence-electron chi connectivity index (χ1n) is 2.79. The Morgan fingerprint density at radius 1 is 1.55 bits per heavy atom. The summed E-state index contributed by atoms with van der Waals surface area (Å²) in [5.74, 6) is 0. The minimum atomic E-state index is 0.426. The fraction of sp³-hybridized carbons (Fsp3) is 0. The summed E-state index contributed by atoms with van der Waals surface area (Å²) >= 11 is 7.81. The molecule has 0 radical (unpaired) electrons. The third kappa shape index (κ3) is 1.76. The summed E-state index contributed by atoms with van der Waals surface area (Å²) in [6, 6.07) is 5.20. The summed E-state index contributed by atoms with van der Waals surface area (Å²) in [6.07, 6.45) is 0. The molecule has 4 heteroatoms. The summed E-state index contributed by atoms with van der Waals surface area (Å²) in [5, 5.41) is 9.11. The Morgan fingerprint density at radius 2 is 2.18 bits per heavy atom. The van der Waals surface area contributed by atoms with Gasteiger partial charge in [-0.25, -0.2) is 0 Å². The lowest BCUT2D eigenvalue weighted by molar-refractivity contribution is 1.48. The molecule has 2 N–H and O–H groups in total. The highest BCUT2D eigenvalue weighted by Gasteiger charge is 2.02. The van der Waals surface area contributed by atoms with Crippen molar-refractivity contribution in [2.24, 2.45) is 0 Å². The van der Waals surface area contributed by atoms with Crippen LogP contribution in [0, 0.1) is 14.9 Å². The summed E-state index contributed by atoms with van der Waals surface area (Å²) in [4.78, 5) is 0. The average Bonchev–Trinajstić information content (AvgIpc) is 1.97. The first-order valence-corrected chi connectivity index (χ1v) is 4.25. The molecule has 0 saturated carbocycles. The van der Waals surface area contributed by atoms with Gasteiger partial charge < -0.3 is 5.73 Å². The van der Waals surface area contributed by atoms with Crippen molar-refractivity contribution in [3.05, 3.63) is 26.3 Å². The largest absolute Gasteiger partial charge is 0.398 e. The lowest BCUT2D eigenvalue weighted by Crippen LogP contribution is -1.91. The van der Waals surface area contributed by atoms with Crippen LogP contribution >= 0.6 is 34.2 Å². The van der Waals surface area contributed by atoms with Gasteiger partial charge in [0.15, 0.2) is 0 Å². The molecule has 0 spiro atoms. The van der Waals surface area contributed by atoms with E-state index in [2.05, 4.69) is 22.6 Å². The van der Waals surface area contributed by atoms with Gasteiger partial charge in [0.1, 0.15) is 6.07 Å². The molecule has 0 aliphatic heterocycles. The van der Waals surface area contributed by atoms with Crippen molar-refractivity contribution in [1.29, 1.82) is 5.26 Å². The molecule has 0 atom stereocenters. The second-order valence-corrected chi connectivity index (χ2v) is 3.53. The van der Waals surface area contributed by atoms with Gasteiger partial charge in [-0.15, -0.1) is 0 Å². The number of anilines is 1. The van der Waals surface area contributed by atoms with E-state index in [4.69, 9.17) is 22.6 Å². The van der Waals surface area contributed by atoms with Crippen molar-refractivity contribution >= 4 is 39.9 Å². The molecule has 0 aliphatic rings. The van der Waals surface area contributed by atoms with Gasteiger partial charge in [0, 0.05) is 3.57 Å². The number of halogens is 2. The van der Waals surface area contributed by atoms with E-state index in [1.54, 1.807) is 12.1 Å². The Hall–Kier alpha value is -0.470. The van der Waals surface area contributed by atoms with E-state index in [1.165, 1.54) is 0 Å². The van der Waals surface area contributed by atoms with E-state index in [0.717, 1.165) is 3.57 Å². The smallest absolute Gasteiger partial charge is 0.101 e. The molecule has 0 unspecified atom stereocenters. The van der Waals surface area contributed by atoms with E-state index in [9.17, 15) is 0 Å². The molecule has 56 valence electrons. The second-order valence-electron chi connectivity index (χ2n) is 1.97. The fourth-order valence-electron chi connectivity index (χ4n) is 0.659. The van der Waals surface area contributed by atoms with Gasteiger partial charge in [0.2, 0.25) is 0 Å². The third-order valence-corrected chi connectivity index (χ3v) is 2.74. The number of nitrogens with zero attached hydrogens (tertiary/aromatic N) is 1. The van der Waals surface area contributed by atoms with E-state index >= 15 is 0 Å². The van der Waals surface area contributed by atoms with Crippen LogP contribution in [0.2, 0.25) is 5.02 Å². The zero-order valence-electron chi connectivity index (χ0n) is 5.44. The number of hydrogen-bond donors (Lipinski definition) is 1. The molecular formula is C7H4ClIN2.